The number of likely N-dealkylation sites (tertiary alicyclic amines) is 1. The van der Waals surface area contributed by atoms with Crippen molar-refractivity contribution in [2.24, 2.45) is 0 Å². The maximum atomic E-state index is 11.8. The van der Waals surface area contributed by atoms with Gasteiger partial charge >= 0.3 is 0 Å². The third-order valence-electron chi connectivity index (χ3n) is 2.53. The molecule has 0 aromatic carbocycles. The fraction of sp³-hybridized carbons (Fsp3) is 0.500. The van der Waals surface area contributed by atoms with Gasteiger partial charge in [-0.3, -0.25) is 4.79 Å². The summed E-state index contributed by atoms with van der Waals surface area (Å²) in [5.41, 5.74) is 0. The number of aliphatic hydroxyl groups excluding tert-OH is 1. The molecule has 4 nitrogen and oxygen atoms in total. The van der Waals surface area contributed by atoms with Gasteiger partial charge in [0, 0.05) is 6.54 Å². The molecule has 0 unspecified atom stereocenters. The molecule has 1 atom stereocenters. The highest BCUT2D eigenvalue weighted by atomic mass is 16.3. The molecule has 2 heterocycles. The monoisotopic (exact) mass is 194 g/mol. The third-order valence-corrected chi connectivity index (χ3v) is 2.53. The van der Waals surface area contributed by atoms with Crippen LogP contribution in [-0.2, 0) is 0 Å². The zero-order chi connectivity index (χ0) is 9.97. The summed E-state index contributed by atoms with van der Waals surface area (Å²) in [6.45, 7) is 0.723. The fourth-order valence-electron chi connectivity index (χ4n) is 1.79. The van der Waals surface area contributed by atoms with Gasteiger partial charge in [0.25, 0.3) is 5.91 Å². The van der Waals surface area contributed by atoms with Gasteiger partial charge in [0.1, 0.15) is 0 Å². The molecule has 2 rings (SSSR count). The predicted molar refractivity (Wildman–Crippen MR) is 48.7 cm³/mol. The Hall–Kier alpha value is -1.29. The largest absolute Gasteiger partial charge is 0.448 e. The topological polar surface area (TPSA) is 53.7 Å². The van der Waals surface area contributed by atoms with E-state index in [1.54, 1.807) is 17.0 Å². The molecular formula is C10H12NO3. The number of rotatable bonds is 2. The van der Waals surface area contributed by atoms with E-state index in [1.807, 2.05) is 0 Å². The van der Waals surface area contributed by atoms with Crippen LogP contribution in [-0.4, -0.2) is 35.1 Å². The molecule has 1 amide bonds. The molecule has 1 aliphatic heterocycles. The molecule has 1 radical (unpaired) electrons. The number of aliphatic hydroxyl groups is 1. The van der Waals surface area contributed by atoms with Crippen LogP contribution in [0.2, 0.25) is 0 Å². The van der Waals surface area contributed by atoms with E-state index in [0.717, 1.165) is 12.8 Å². The van der Waals surface area contributed by atoms with Gasteiger partial charge < -0.3 is 14.4 Å². The number of hydrogen-bond donors (Lipinski definition) is 1. The number of hydrogen-bond acceptors (Lipinski definition) is 3. The Labute approximate surface area is 82.1 Å². The summed E-state index contributed by atoms with van der Waals surface area (Å²) in [5, 5.41) is 9.05. The first-order chi connectivity index (χ1) is 6.83. The number of furan rings is 1. The van der Waals surface area contributed by atoms with Crippen LogP contribution < -0.4 is 0 Å². The summed E-state index contributed by atoms with van der Waals surface area (Å²) in [6.07, 6.45) is 4.30. The number of nitrogens with zero attached hydrogens (tertiary/aromatic N) is 1. The van der Waals surface area contributed by atoms with Crippen molar-refractivity contribution in [3.05, 3.63) is 24.2 Å². The molecular weight excluding hydrogens is 182 g/mol. The van der Waals surface area contributed by atoms with Crippen molar-refractivity contribution in [3.8, 4) is 0 Å². The molecule has 0 aliphatic carbocycles. The van der Waals surface area contributed by atoms with Gasteiger partial charge in [-0.1, -0.05) is 0 Å². The summed E-state index contributed by atoms with van der Waals surface area (Å²) < 4.78 is 4.90. The molecule has 0 bridgehead atoms. The molecule has 1 aromatic heterocycles. The van der Waals surface area contributed by atoms with E-state index in [0.29, 0.717) is 12.3 Å². The van der Waals surface area contributed by atoms with Crippen LogP contribution in [0.3, 0.4) is 0 Å². The Morgan fingerprint density at radius 1 is 1.79 bits per heavy atom. The first kappa shape index (κ1) is 9.27. The minimum atomic E-state index is -0.150. The normalized spacial score (nSPS) is 21.5. The van der Waals surface area contributed by atoms with Crippen LogP contribution in [0, 0.1) is 6.26 Å². The Kier molecular flexibility index (Phi) is 2.54. The first-order valence-electron chi connectivity index (χ1n) is 4.70. The van der Waals surface area contributed by atoms with Crippen molar-refractivity contribution in [1.29, 1.82) is 0 Å². The number of amides is 1. The minimum Gasteiger partial charge on any atom is -0.448 e. The Bertz CT molecular complexity index is 307. The minimum absolute atomic E-state index is 0.0240. The molecule has 1 aliphatic rings. The van der Waals surface area contributed by atoms with Crippen LogP contribution in [0.25, 0.3) is 0 Å². The molecule has 1 fully saturated rings. The zero-order valence-electron chi connectivity index (χ0n) is 7.77. The third kappa shape index (κ3) is 1.53. The Morgan fingerprint density at radius 3 is 3.29 bits per heavy atom. The van der Waals surface area contributed by atoms with Crippen LogP contribution in [0.4, 0.5) is 0 Å². The highest BCUT2D eigenvalue weighted by Crippen LogP contribution is 2.19. The quantitative estimate of drug-likeness (QED) is 0.753. The van der Waals surface area contributed by atoms with Gasteiger partial charge in [-0.2, -0.15) is 0 Å². The van der Waals surface area contributed by atoms with Gasteiger partial charge in [-0.05, 0) is 25.0 Å². The summed E-state index contributed by atoms with van der Waals surface area (Å²) >= 11 is 0. The summed E-state index contributed by atoms with van der Waals surface area (Å²) in [6, 6.07) is 3.11. The second-order valence-corrected chi connectivity index (χ2v) is 3.39. The highest BCUT2D eigenvalue weighted by molar-refractivity contribution is 5.91. The first-order valence-corrected chi connectivity index (χ1v) is 4.70. The van der Waals surface area contributed by atoms with Gasteiger partial charge in [0.2, 0.25) is 0 Å². The van der Waals surface area contributed by atoms with Crippen LogP contribution in [0.5, 0.6) is 0 Å². The smallest absolute Gasteiger partial charge is 0.289 e. The lowest BCUT2D eigenvalue weighted by atomic mass is 10.2. The van der Waals surface area contributed by atoms with E-state index in [9.17, 15) is 4.79 Å². The second-order valence-electron chi connectivity index (χ2n) is 3.39. The lowest BCUT2D eigenvalue weighted by Gasteiger charge is -2.21. The zero-order valence-corrected chi connectivity index (χ0v) is 7.77. The molecule has 4 heteroatoms. The Balaban J connectivity index is 2.11. The highest BCUT2D eigenvalue weighted by Gasteiger charge is 2.29. The van der Waals surface area contributed by atoms with Gasteiger partial charge in [0.05, 0.1) is 12.6 Å². The molecule has 1 N–H and O–H groups in total. The SMILES string of the molecule is O=C(c1cc[c]o1)N1CCC[C@H]1CO. The second kappa shape index (κ2) is 3.84. The molecule has 14 heavy (non-hydrogen) atoms. The van der Waals surface area contributed by atoms with E-state index in [1.165, 1.54) is 0 Å². The van der Waals surface area contributed by atoms with Crippen LogP contribution in [0.1, 0.15) is 23.4 Å². The van der Waals surface area contributed by atoms with Crippen LogP contribution in [0.15, 0.2) is 16.5 Å². The van der Waals surface area contributed by atoms with E-state index in [2.05, 4.69) is 6.26 Å². The summed E-state index contributed by atoms with van der Waals surface area (Å²) in [5.74, 6) is 0.146. The fourth-order valence-corrected chi connectivity index (χ4v) is 1.79. The molecule has 75 valence electrons. The molecule has 1 saturated heterocycles. The summed E-state index contributed by atoms with van der Waals surface area (Å²) in [4.78, 5) is 13.4. The molecule has 1 aromatic rings. The van der Waals surface area contributed by atoms with E-state index >= 15 is 0 Å². The summed E-state index contributed by atoms with van der Waals surface area (Å²) in [7, 11) is 0. The number of carbonyl (C=O) groups excluding carboxylic acids is 1. The van der Waals surface area contributed by atoms with Gasteiger partial charge in [-0.25, -0.2) is 0 Å². The van der Waals surface area contributed by atoms with Gasteiger partial charge in [-0.15, -0.1) is 0 Å². The van der Waals surface area contributed by atoms with Crippen molar-refractivity contribution in [2.45, 2.75) is 18.9 Å². The van der Waals surface area contributed by atoms with Crippen LogP contribution >= 0.6 is 0 Å². The van der Waals surface area contributed by atoms with Crippen molar-refractivity contribution >= 4 is 5.91 Å². The average molecular weight is 194 g/mol. The maximum absolute atomic E-state index is 11.8. The average Bonchev–Trinajstić information content (AvgIpc) is 2.87. The van der Waals surface area contributed by atoms with Crippen molar-refractivity contribution in [2.75, 3.05) is 13.2 Å². The maximum Gasteiger partial charge on any atom is 0.289 e. The predicted octanol–water partition coefficient (Wildman–Crippen LogP) is 0.677. The molecule has 0 saturated carbocycles. The Morgan fingerprint density at radius 2 is 2.64 bits per heavy atom. The lowest BCUT2D eigenvalue weighted by molar-refractivity contribution is 0.0645. The van der Waals surface area contributed by atoms with Crippen molar-refractivity contribution in [1.82, 2.24) is 4.90 Å². The number of carbonyl (C=O) groups is 1. The van der Waals surface area contributed by atoms with Crippen molar-refractivity contribution < 1.29 is 14.3 Å². The van der Waals surface area contributed by atoms with E-state index in [4.69, 9.17) is 9.52 Å². The van der Waals surface area contributed by atoms with E-state index in [-0.39, 0.29) is 18.6 Å². The van der Waals surface area contributed by atoms with Crippen molar-refractivity contribution in [3.63, 3.8) is 0 Å². The molecule has 0 spiro atoms. The lowest BCUT2D eigenvalue weighted by Crippen LogP contribution is -2.37. The standard InChI is InChI=1S/C10H12NO3/c12-7-8-3-1-5-11(8)10(13)9-4-2-6-14-9/h2,4,8,12H,1,3,5,7H2/t8-/m0/s1. The van der Waals surface area contributed by atoms with E-state index < -0.39 is 0 Å². The van der Waals surface area contributed by atoms with Gasteiger partial charge in [0.15, 0.2) is 12.0 Å².